The van der Waals surface area contributed by atoms with Crippen molar-refractivity contribution in [1.29, 1.82) is 5.41 Å². The Hall–Kier alpha value is -3.72. The van der Waals surface area contributed by atoms with Crippen molar-refractivity contribution >= 4 is 34.9 Å². The first-order valence-electron chi connectivity index (χ1n) is 10.9. The van der Waals surface area contributed by atoms with Crippen LogP contribution in [0.5, 0.6) is 0 Å². The van der Waals surface area contributed by atoms with Crippen molar-refractivity contribution in [2.24, 2.45) is 5.73 Å². The summed E-state index contributed by atoms with van der Waals surface area (Å²) in [6.45, 7) is 1.39. The van der Waals surface area contributed by atoms with Gasteiger partial charge in [0.05, 0.1) is 6.61 Å². The zero-order valence-electron chi connectivity index (χ0n) is 18.4. The number of benzene rings is 2. The van der Waals surface area contributed by atoms with Gasteiger partial charge < -0.3 is 26.0 Å². The Morgan fingerprint density at radius 2 is 1.58 bits per heavy atom. The maximum absolute atomic E-state index is 12.8. The molecular weight excluding hydrogens is 422 g/mol. The molecule has 0 aliphatic carbocycles. The average molecular weight is 452 g/mol. The second kappa shape index (κ2) is 11.2. The molecular formula is C24H29N5O4. The van der Waals surface area contributed by atoms with Crippen molar-refractivity contribution in [2.45, 2.75) is 25.7 Å². The molecule has 3 amide bonds. The normalized spacial score (nSPS) is 12.9. The number of amidine groups is 1. The minimum atomic E-state index is -0.325. The van der Waals surface area contributed by atoms with Gasteiger partial charge >= 0.3 is 0 Å². The fraction of sp³-hybridized carbons (Fsp3) is 0.333. The van der Waals surface area contributed by atoms with Gasteiger partial charge in [0.1, 0.15) is 5.84 Å². The Bertz CT molecular complexity index is 999. The van der Waals surface area contributed by atoms with Gasteiger partial charge in [-0.1, -0.05) is 0 Å². The summed E-state index contributed by atoms with van der Waals surface area (Å²) < 4.78 is 0. The SMILES string of the molecule is N=C(N)c1ccc(NC(=O)CCC(=O)N(CCO)c2ccc(C(=O)N3CCCC3)cc2)cc1. The summed E-state index contributed by atoms with van der Waals surface area (Å²) in [4.78, 5) is 40.8. The molecule has 0 unspecified atom stereocenters. The quantitative estimate of drug-likeness (QED) is 0.341. The number of aliphatic hydroxyl groups excluding tert-OH is 1. The number of carbonyl (C=O) groups excluding carboxylic acids is 3. The predicted octanol–water partition coefficient (Wildman–Crippen LogP) is 1.95. The van der Waals surface area contributed by atoms with Crippen molar-refractivity contribution in [2.75, 3.05) is 36.5 Å². The van der Waals surface area contributed by atoms with Crippen LogP contribution in [0.25, 0.3) is 0 Å². The van der Waals surface area contributed by atoms with E-state index in [9.17, 15) is 19.5 Å². The van der Waals surface area contributed by atoms with Crippen LogP contribution in [0.1, 0.15) is 41.6 Å². The highest BCUT2D eigenvalue weighted by Crippen LogP contribution is 2.19. The molecule has 2 aromatic carbocycles. The van der Waals surface area contributed by atoms with Gasteiger partial charge in [-0.2, -0.15) is 0 Å². The summed E-state index contributed by atoms with van der Waals surface area (Å²) in [6.07, 6.45) is 1.96. The molecule has 0 bridgehead atoms. The molecule has 1 fully saturated rings. The van der Waals surface area contributed by atoms with E-state index in [1.165, 1.54) is 4.90 Å². The minimum absolute atomic E-state index is 0.0212. The Labute approximate surface area is 192 Å². The second-order valence-electron chi connectivity index (χ2n) is 7.85. The smallest absolute Gasteiger partial charge is 0.253 e. The van der Waals surface area contributed by atoms with Gasteiger partial charge in [-0.15, -0.1) is 0 Å². The largest absolute Gasteiger partial charge is 0.395 e. The minimum Gasteiger partial charge on any atom is -0.395 e. The molecule has 1 aliphatic rings. The molecule has 0 aromatic heterocycles. The van der Waals surface area contributed by atoms with Gasteiger partial charge in [0, 0.05) is 55.0 Å². The van der Waals surface area contributed by atoms with E-state index in [0.29, 0.717) is 22.5 Å². The molecule has 0 radical (unpaired) electrons. The molecule has 9 nitrogen and oxygen atoms in total. The lowest BCUT2D eigenvalue weighted by Gasteiger charge is -2.22. The summed E-state index contributed by atoms with van der Waals surface area (Å²) in [6, 6.07) is 13.3. The molecule has 1 saturated heterocycles. The lowest BCUT2D eigenvalue weighted by Crippen LogP contribution is -2.34. The van der Waals surface area contributed by atoms with Crippen LogP contribution < -0.4 is 16.0 Å². The number of nitrogen functional groups attached to an aromatic ring is 1. The number of hydrogen-bond acceptors (Lipinski definition) is 5. The molecule has 174 valence electrons. The zero-order chi connectivity index (χ0) is 23.8. The first-order valence-corrected chi connectivity index (χ1v) is 10.9. The van der Waals surface area contributed by atoms with Crippen molar-refractivity contribution < 1.29 is 19.5 Å². The van der Waals surface area contributed by atoms with Crippen LogP contribution in [0.15, 0.2) is 48.5 Å². The molecule has 0 atom stereocenters. The van der Waals surface area contributed by atoms with Crippen LogP contribution in [0.4, 0.5) is 11.4 Å². The number of hydrogen-bond donors (Lipinski definition) is 4. The van der Waals surface area contributed by atoms with E-state index in [4.69, 9.17) is 11.1 Å². The lowest BCUT2D eigenvalue weighted by atomic mass is 10.1. The Morgan fingerprint density at radius 3 is 2.15 bits per heavy atom. The number of rotatable bonds is 9. The Morgan fingerprint density at radius 1 is 0.970 bits per heavy atom. The van der Waals surface area contributed by atoms with Crippen LogP contribution in [0.2, 0.25) is 0 Å². The van der Waals surface area contributed by atoms with Gasteiger partial charge in [0.25, 0.3) is 5.91 Å². The number of aliphatic hydroxyl groups is 1. The maximum atomic E-state index is 12.8. The van der Waals surface area contributed by atoms with E-state index in [1.54, 1.807) is 48.5 Å². The van der Waals surface area contributed by atoms with Gasteiger partial charge in [0.15, 0.2) is 0 Å². The number of anilines is 2. The number of likely N-dealkylation sites (tertiary alicyclic amines) is 1. The van der Waals surface area contributed by atoms with E-state index in [-0.39, 0.29) is 49.6 Å². The van der Waals surface area contributed by atoms with E-state index >= 15 is 0 Å². The van der Waals surface area contributed by atoms with Crippen molar-refractivity contribution in [3.8, 4) is 0 Å². The van der Waals surface area contributed by atoms with Gasteiger partial charge in [-0.3, -0.25) is 19.8 Å². The maximum Gasteiger partial charge on any atom is 0.253 e. The Kier molecular flexibility index (Phi) is 8.15. The van der Waals surface area contributed by atoms with Crippen molar-refractivity contribution in [3.63, 3.8) is 0 Å². The van der Waals surface area contributed by atoms with Gasteiger partial charge in [-0.05, 0) is 61.4 Å². The fourth-order valence-electron chi connectivity index (χ4n) is 3.70. The summed E-state index contributed by atoms with van der Waals surface area (Å²) in [5, 5.41) is 19.5. The highest BCUT2D eigenvalue weighted by molar-refractivity contribution is 6.00. The van der Waals surface area contributed by atoms with Crippen LogP contribution >= 0.6 is 0 Å². The predicted molar refractivity (Wildman–Crippen MR) is 126 cm³/mol. The monoisotopic (exact) mass is 451 g/mol. The molecule has 3 rings (SSSR count). The summed E-state index contributed by atoms with van der Waals surface area (Å²) >= 11 is 0. The summed E-state index contributed by atoms with van der Waals surface area (Å²) in [7, 11) is 0. The average Bonchev–Trinajstić information content (AvgIpc) is 3.36. The van der Waals surface area contributed by atoms with E-state index in [2.05, 4.69) is 5.32 Å². The van der Waals surface area contributed by atoms with E-state index in [0.717, 1.165) is 25.9 Å². The third-order valence-corrected chi connectivity index (χ3v) is 5.49. The summed E-state index contributed by atoms with van der Waals surface area (Å²) in [5.74, 6) is -0.706. The van der Waals surface area contributed by atoms with Crippen molar-refractivity contribution in [1.82, 2.24) is 4.90 Å². The van der Waals surface area contributed by atoms with Gasteiger partial charge in [0.2, 0.25) is 11.8 Å². The van der Waals surface area contributed by atoms with Crippen LogP contribution in [-0.4, -0.2) is 59.8 Å². The standard InChI is InChI=1S/C24H29N5O4/c25-23(26)17-3-7-19(8-4-17)27-21(31)11-12-22(32)29(15-16-30)20-9-5-18(6-10-20)24(33)28-13-1-2-14-28/h3-10,30H,1-2,11-16H2,(H3,25,26)(H,27,31). The van der Waals surface area contributed by atoms with E-state index in [1.807, 2.05) is 4.90 Å². The molecule has 5 N–H and O–H groups in total. The third kappa shape index (κ3) is 6.39. The molecule has 9 heteroatoms. The van der Waals surface area contributed by atoms with Crippen LogP contribution in [0, 0.1) is 5.41 Å². The van der Waals surface area contributed by atoms with Gasteiger partial charge in [-0.25, -0.2) is 0 Å². The highest BCUT2D eigenvalue weighted by Gasteiger charge is 2.21. The molecule has 2 aromatic rings. The molecule has 33 heavy (non-hydrogen) atoms. The molecule has 1 aliphatic heterocycles. The number of nitrogens with zero attached hydrogens (tertiary/aromatic N) is 2. The summed E-state index contributed by atoms with van der Waals surface area (Å²) in [5.41, 5.74) is 7.64. The van der Waals surface area contributed by atoms with Crippen LogP contribution in [-0.2, 0) is 9.59 Å². The topological polar surface area (TPSA) is 140 Å². The first-order chi connectivity index (χ1) is 15.9. The fourth-order valence-corrected chi connectivity index (χ4v) is 3.70. The van der Waals surface area contributed by atoms with Crippen LogP contribution in [0.3, 0.4) is 0 Å². The lowest BCUT2D eigenvalue weighted by molar-refractivity contribution is -0.122. The zero-order valence-corrected chi connectivity index (χ0v) is 18.4. The molecule has 0 spiro atoms. The second-order valence-corrected chi connectivity index (χ2v) is 7.85. The van der Waals surface area contributed by atoms with Crippen molar-refractivity contribution in [3.05, 3.63) is 59.7 Å². The Balaban J connectivity index is 1.57. The third-order valence-electron chi connectivity index (χ3n) is 5.49. The molecule has 0 saturated carbocycles. The number of carbonyl (C=O) groups is 3. The molecule has 1 heterocycles. The number of nitrogens with two attached hydrogens (primary N) is 1. The first kappa shape index (κ1) is 23.9. The van der Waals surface area contributed by atoms with E-state index < -0.39 is 0 Å². The number of amides is 3. The highest BCUT2D eigenvalue weighted by atomic mass is 16.3. The number of nitrogens with one attached hydrogen (secondary N) is 2.